The van der Waals surface area contributed by atoms with Crippen LogP contribution in [0, 0.1) is 0 Å². The number of hydrogen-bond acceptors (Lipinski definition) is 3. The largest absolute Gasteiger partial charge is 0.490 e. The van der Waals surface area contributed by atoms with Gasteiger partial charge < -0.3 is 9.47 Å². The van der Waals surface area contributed by atoms with Crippen LogP contribution in [-0.4, -0.2) is 19.0 Å². The highest BCUT2D eigenvalue weighted by Gasteiger charge is 2.00. The van der Waals surface area contributed by atoms with Crippen molar-refractivity contribution in [3.63, 3.8) is 0 Å². The number of Topliss-reactive ketones (excluding diaryl/α,β-unsaturated/α-hetero) is 1. The summed E-state index contributed by atoms with van der Waals surface area (Å²) in [6, 6.07) is 14.2. The van der Waals surface area contributed by atoms with Gasteiger partial charge in [-0.15, -0.1) is 0 Å². The summed E-state index contributed by atoms with van der Waals surface area (Å²) in [6.45, 7) is 2.41. The summed E-state index contributed by atoms with van der Waals surface area (Å²) in [5.41, 5.74) is 0.676. The third kappa shape index (κ3) is 4.28. The molecule has 0 aliphatic carbocycles. The number of halogens is 1. The Bertz CT molecular complexity index is 561. The number of rotatable bonds is 6. The molecule has 0 amide bonds. The molecule has 0 saturated carbocycles. The number of hydrogen-bond donors (Lipinski definition) is 0. The number of ketones is 1. The van der Waals surface area contributed by atoms with E-state index in [0.29, 0.717) is 23.8 Å². The van der Waals surface area contributed by atoms with Crippen molar-refractivity contribution in [3.8, 4) is 11.5 Å². The highest BCUT2D eigenvalue weighted by Crippen LogP contribution is 2.16. The van der Waals surface area contributed by atoms with Crippen molar-refractivity contribution in [2.75, 3.05) is 13.2 Å². The van der Waals surface area contributed by atoms with Gasteiger partial charge in [-0.25, -0.2) is 0 Å². The smallest absolute Gasteiger partial charge is 0.159 e. The van der Waals surface area contributed by atoms with Crippen molar-refractivity contribution in [1.29, 1.82) is 0 Å². The molecule has 0 unspecified atom stereocenters. The van der Waals surface area contributed by atoms with Crippen LogP contribution in [0.4, 0.5) is 0 Å². The van der Waals surface area contributed by atoms with Crippen LogP contribution < -0.4 is 9.47 Å². The standard InChI is InChI=1S/C16H15ClO3/c1-12(18)13-2-6-15(7-3-13)19-10-11-20-16-8-4-14(17)5-9-16/h2-9H,10-11H2,1H3. The fourth-order valence-corrected chi connectivity index (χ4v) is 1.76. The van der Waals surface area contributed by atoms with E-state index in [1.807, 2.05) is 12.1 Å². The molecule has 104 valence electrons. The first-order valence-corrected chi connectivity index (χ1v) is 6.65. The Morgan fingerprint density at radius 2 is 1.35 bits per heavy atom. The van der Waals surface area contributed by atoms with Crippen LogP contribution in [0.15, 0.2) is 48.5 Å². The minimum absolute atomic E-state index is 0.0441. The highest BCUT2D eigenvalue weighted by atomic mass is 35.5. The molecule has 0 aromatic heterocycles. The molecule has 2 aromatic rings. The Labute approximate surface area is 123 Å². The van der Waals surface area contributed by atoms with Crippen LogP contribution in [0.2, 0.25) is 5.02 Å². The van der Waals surface area contributed by atoms with E-state index in [2.05, 4.69) is 0 Å². The molecule has 0 aliphatic heterocycles. The van der Waals surface area contributed by atoms with E-state index in [9.17, 15) is 4.79 Å². The van der Waals surface area contributed by atoms with E-state index in [1.54, 1.807) is 36.4 Å². The third-order valence-corrected chi connectivity index (χ3v) is 2.95. The van der Waals surface area contributed by atoms with Crippen molar-refractivity contribution in [3.05, 3.63) is 59.1 Å². The number of ether oxygens (including phenoxy) is 2. The molecular formula is C16H15ClO3. The summed E-state index contributed by atoms with van der Waals surface area (Å²) < 4.78 is 11.0. The maximum absolute atomic E-state index is 11.1. The summed E-state index contributed by atoms with van der Waals surface area (Å²) in [5.74, 6) is 1.52. The molecule has 2 rings (SSSR count). The molecule has 0 saturated heterocycles. The van der Waals surface area contributed by atoms with Crippen LogP contribution in [-0.2, 0) is 0 Å². The zero-order chi connectivity index (χ0) is 14.4. The van der Waals surface area contributed by atoms with Crippen molar-refractivity contribution >= 4 is 17.4 Å². The van der Waals surface area contributed by atoms with Crippen molar-refractivity contribution < 1.29 is 14.3 Å². The van der Waals surface area contributed by atoms with Gasteiger partial charge >= 0.3 is 0 Å². The van der Waals surface area contributed by atoms with Gasteiger partial charge in [-0.2, -0.15) is 0 Å². The maximum atomic E-state index is 11.1. The lowest BCUT2D eigenvalue weighted by Crippen LogP contribution is -2.09. The van der Waals surface area contributed by atoms with Gasteiger partial charge in [0.1, 0.15) is 24.7 Å². The summed E-state index contributed by atoms with van der Waals surface area (Å²) in [6.07, 6.45) is 0. The lowest BCUT2D eigenvalue weighted by molar-refractivity contribution is 0.101. The quantitative estimate of drug-likeness (QED) is 0.596. The summed E-state index contributed by atoms with van der Waals surface area (Å²) in [7, 11) is 0. The number of carbonyl (C=O) groups is 1. The molecule has 0 N–H and O–H groups in total. The van der Waals surface area contributed by atoms with E-state index in [-0.39, 0.29) is 5.78 Å². The number of benzene rings is 2. The molecule has 20 heavy (non-hydrogen) atoms. The second kappa shape index (κ2) is 6.96. The lowest BCUT2D eigenvalue weighted by Gasteiger charge is -2.08. The van der Waals surface area contributed by atoms with Gasteiger partial charge in [-0.1, -0.05) is 11.6 Å². The van der Waals surface area contributed by atoms with Crippen LogP contribution in [0.25, 0.3) is 0 Å². The van der Waals surface area contributed by atoms with Gasteiger partial charge in [0, 0.05) is 10.6 Å². The highest BCUT2D eigenvalue weighted by molar-refractivity contribution is 6.30. The molecule has 0 fully saturated rings. The molecular weight excluding hydrogens is 276 g/mol. The monoisotopic (exact) mass is 290 g/mol. The van der Waals surface area contributed by atoms with Crippen molar-refractivity contribution in [2.45, 2.75) is 6.92 Å². The van der Waals surface area contributed by atoms with Gasteiger partial charge in [0.15, 0.2) is 5.78 Å². The summed E-state index contributed by atoms with van der Waals surface area (Å²) in [4.78, 5) is 11.1. The maximum Gasteiger partial charge on any atom is 0.159 e. The SMILES string of the molecule is CC(=O)c1ccc(OCCOc2ccc(Cl)cc2)cc1. The first-order chi connectivity index (χ1) is 9.65. The summed E-state index contributed by atoms with van der Waals surface area (Å²) >= 11 is 5.78. The van der Waals surface area contributed by atoms with Gasteiger partial charge in [0.25, 0.3) is 0 Å². The van der Waals surface area contributed by atoms with Crippen molar-refractivity contribution in [2.24, 2.45) is 0 Å². The minimum Gasteiger partial charge on any atom is -0.490 e. The van der Waals surface area contributed by atoms with Gasteiger partial charge in [-0.3, -0.25) is 4.79 Å². The fraction of sp³-hybridized carbons (Fsp3) is 0.188. The molecule has 4 heteroatoms. The van der Waals surface area contributed by atoms with Crippen LogP contribution in [0.3, 0.4) is 0 Å². The average Bonchev–Trinajstić information content (AvgIpc) is 2.46. The minimum atomic E-state index is 0.0441. The Kier molecular flexibility index (Phi) is 5.02. The van der Waals surface area contributed by atoms with Crippen LogP contribution in [0.5, 0.6) is 11.5 Å². The van der Waals surface area contributed by atoms with Crippen LogP contribution in [0.1, 0.15) is 17.3 Å². The van der Waals surface area contributed by atoms with E-state index in [0.717, 1.165) is 11.5 Å². The van der Waals surface area contributed by atoms with Crippen molar-refractivity contribution in [1.82, 2.24) is 0 Å². The van der Waals surface area contributed by atoms with E-state index < -0.39 is 0 Å². The first kappa shape index (κ1) is 14.4. The molecule has 0 aliphatic rings. The second-order valence-electron chi connectivity index (χ2n) is 4.23. The Hall–Kier alpha value is -2.00. The fourth-order valence-electron chi connectivity index (χ4n) is 1.64. The molecule has 2 aromatic carbocycles. The average molecular weight is 291 g/mol. The second-order valence-corrected chi connectivity index (χ2v) is 4.67. The van der Waals surface area contributed by atoms with Gasteiger partial charge in [0.05, 0.1) is 0 Å². The van der Waals surface area contributed by atoms with E-state index in [4.69, 9.17) is 21.1 Å². The number of carbonyl (C=O) groups excluding carboxylic acids is 1. The predicted molar refractivity (Wildman–Crippen MR) is 78.9 cm³/mol. The van der Waals surface area contributed by atoms with Gasteiger partial charge in [0.2, 0.25) is 0 Å². The molecule has 0 spiro atoms. The van der Waals surface area contributed by atoms with E-state index >= 15 is 0 Å². The zero-order valence-corrected chi connectivity index (χ0v) is 11.9. The topological polar surface area (TPSA) is 35.5 Å². The van der Waals surface area contributed by atoms with Gasteiger partial charge in [-0.05, 0) is 55.5 Å². The summed E-state index contributed by atoms with van der Waals surface area (Å²) in [5, 5.41) is 0.680. The molecule has 0 heterocycles. The Morgan fingerprint density at radius 1 is 0.900 bits per heavy atom. The van der Waals surface area contributed by atoms with E-state index in [1.165, 1.54) is 6.92 Å². The Morgan fingerprint density at radius 3 is 1.80 bits per heavy atom. The third-order valence-electron chi connectivity index (χ3n) is 2.70. The first-order valence-electron chi connectivity index (χ1n) is 6.27. The predicted octanol–water partition coefficient (Wildman–Crippen LogP) is 4.00. The Balaban J connectivity index is 1.75. The zero-order valence-electron chi connectivity index (χ0n) is 11.1. The molecule has 0 radical (unpaired) electrons. The lowest BCUT2D eigenvalue weighted by atomic mass is 10.1. The normalized spacial score (nSPS) is 10.1. The molecule has 3 nitrogen and oxygen atoms in total. The molecule has 0 atom stereocenters. The van der Waals surface area contributed by atoms with Crippen LogP contribution >= 0.6 is 11.6 Å². The molecule has 0 bridgehead atoms.